The quantitative estimate of drug-likeness (QED) is 0.800. The summed E-state index contributed by atoms with van der Waals surface area (Å²) in [6.07, 6.45) is -1.89. The number of aliphatic hydroxyl groups is 1. The Balaban J connectivity index is 1.99. The largest absolute Gasteiger partial charge is 0.465 e. The number of benzene rings is 1. The van der Waals surface area contributed by atoms with E-state index in [0.717, 1.165) is 23.1 Å². The van der Waals surface area contributed by atoms with E-state index in [1.54, 1.807) is 0 Å². The molecule has 96 valence electrons. The fourth-order valence-corrected chi connectivity index (χ4v) is 2.98. The van der Waals surface area contributed by atoms with Crippen LogP contribution < -0.4 is 0 Å². The van der Waals surface area contributed by atoms with Gasteiger partial charge in [-0.1, -0.05) is 0 Å². The highest BCUT2D eigenvalue weighted by Crippen LogP contribution is 2.61. The molecule has 1 aliphatic carbocycles. The average molecular weight is 255 g/mol. The van der Waals surface area contributed by atoms with Crippen molar-refractivity contribution in [3.8, 4) is 0 Å². The van der Waals surface area contributed by atoms with E-state index in [0.29, 0.717) is 6.42 Å². The van der Waals surface area contributed by atoms with E-state index >= 15 is 0 Å². The molecule has 3 rings (SSSR count). The summed E-state index contributed by atoms with van der Waals surface area (Å²) in [4.78, 5) is 11.8. The number of hydrogen-bond donors (Lipinski definition) is 2. The van der Waals surface area contributed by atoms with Gasteiger partial charge in [0.1, 0.15) is 17.9 Å². The Morgan fingerprint density at radius 3 is 2.78 bits per heavy atom. The average Bonchev–Trinajstić information content (AvgIpc) is 2.97. The third kappa shape index (κ3) is 1.35. The molecule has 4 nitrogen and oxygen atoms in total. The van der Waals surface area contributed by atoms with Crippen LogP contribution in [0.5, 0.6) is 0 Å². The summed E-state index contributed by atoms with van der Waals surface area (Å²) >= 11 is 0. The van der Waals surface area contributed by atoms with Crippen LogP contribution in [0.2, 0.25) is 0 Å². The number of halogens is 2. The van der Waals surface area contributed by atoms with Crippen molar-refractivity contribution >= 4 is 6.09 Å². The van der Waals surface area contributed by atoms with Gasteiger partial charge in [0.15, 0.2) is 0 Å². The zero-order valence-electron chi connectivity index (χ0n) is 9.31. The van der Waals surface area contributed by atoms with Crippen LogP contribution in [0.3, 0.4) is 0 Å². The maximum absolute atomic E-state index is 13.7. The standard InChI is InChI=1S/C12H11F2NO3/c13-6-1-2-9(14)7(3-6)12-4-8(12)10(16)15(5-12)11(17)18/h1-3,8,10,16H,4-5H2,(H,17,18)/t8-,10?,12+/m0/s1. The first-order valence-corrected chi connectivity index (χ1v) is 5.59. The monoisotopic (exact) mass is 255 g/mol. The molecule has 1 aromatic carbocycles. The van der Waals surface area contributed by atoms with Crippen LogP contribution in [-0.4, -0.2) is 34.0 Å². The normalized spacial score (nSPS) is 33.4. The zero-order valence-corrected chi connectivity index (χ0v) is 9.31. The van der Waals surface area contributed by atoms with Gasteiger partial charge in [0.05, 0.1) is 0 Å². The van der Waals surface area contributed by atoms with Crippen molar-refractivity contribution in [1.29, 1.82) is 0 Å². The van der Waals surface area contributed by atoms with Crippen molar-refractivity contribution in [2.45, 2.75) is 18.1 Å². The minimum absolute atomic E-state index is 0.00847. The number of aliphatic hydroxyl groups excluding tert-OH is 1. The van der Waals surface area contributed by atoms with Gasteiger partial charge in [0, 0.05) is 17.9 Å². The summed E-state index contributed by atoms with van der Waals surface area (Å²) in [5.74, 6) is -1.46. The van der Waals surface area contributed by atoms with Crippen LogP contribution in [-0.2, 0) is 5.41 Å². The predicted octanol–water partition coefficient (Wildman–Crippen LogP) is 1.53. The maximum Gasteiger partial charge on any atom is 0.409 e. The third-order valence-corrected chi connectivity index (χ3v) is 3.98. The maximum atomic E-state index is 13.7. The first-order valence-electron chi connectivity index (χ1n) is 5.59. The molecule has 1 heterocycles. The fraction of sp³-hybridized carbons (Fsp3) is 0.417. The Kier molecular flexibility index (Phi) is 2.16. The van der Waals surface area contributed by atoms with Gasteiger partial charge in [-0.3, -0.25) is 4.90 Å². The van der Waals surface area contributed by atoms with Gasteiger partial charge in [-0.15, -0.1) is 0 Å². The van der Waals surface area contributed by atoms with E-state index in [9.17, 15) is 18.7 Å². The second kappa shape index (κ2) is 3.41. The molecule has 0 bridgehead atoms. The van der Waals surface area contributed by atoms with E-state index in [2.05, 4.69) is 0 Å². The summed E-state index contributed by atoms with van der Waals surface area (Å²) in [5, 5.41) is 18.7. The minimum atomic E-state index is -1.24. The van der Waals surface area contributed by atoms with Gasteiger partial charge < -0.3 is 10.2 Å². The summed E-state index contributed by atoms with van der Waals surface area (Å²) < 4.78 is 26.9. The van der Waals surface area contributed by atoms with Gasteiger partial charge in [0.25, 0.3) is 0 Å². The number of likely N-dealkylation sites (tertiary alicyclic amines) is 1. The highest BCUT2D eigenvalue weighted by atomic mass is 19.1. The molecule has 0 aromatic heterocycles. The molecule has 2 fully saturated rings. The summed E-state index contributed by atoms with van der Waals surface area (Å²) in [5.41, 5.74) is -0.598. The Morgan fingerprint density at radius 1 is 1.44 bits per heavy atom. The van der Waals surface area contributed by atoms with Gasteiger partial charge in [-0.05, 0) is 30.2 Å². The third-order valence-electron chi connectivity index (χ3n) is 3.98. The second-order valence-electron chi connectivity index (χ2n) is 4.92. The molecule has 1 aliphatic heterocycles. The van der Waals surface area contributed by atoms with Crippen molar-refractivity contribution in [1.82, 2.24) is 4.90 Å². The smallest absolute Gasteiger partial charge is 0.409 e. The van der Waals surface area contributed by atoms with E-state index in [1.165, 1.54) is 0 Å². The Hall–Kier alpha value is -1.69. The van der Waals surface area contributed by atoms with Crippen molar-refractivity contribution in [2.75, 3.05) is 6.54 Å². The molecule has 0 spiro atoms. The van der Waals surface area contributed by atoms with E-state index in [1.807, 2.05) is 0 Å². The SMILES string of the molecule is O=C(O)N1C[C@@]2(c3cc(F)ccc3F)C[C@H]2C1O. The fourth-order valence-electron chi connectivity index (χ4n) is 2.98. The van der Waals surface area contributed by atoms with E-state index in [4.69, 9.17) is 5.11 Å². The molecule has 6 heteroatoms. The van der Waals surface area contributed by atoms with Crippen LogP contribution in [0.15, 0.2) is 18.2 Å². The van der Waals surface area contributed by atoms with Gasteiger partial charge in [0.2, 0.25) is 0 Å². The molecule has 1 saturated carbocycles. The molecule has 3 atom stereocenters. The first-order chi connectivity index (χ1) is 8.45. The minimum Gasteiger partial charge on any atom is -0.465 e. The molecular weight excluding hydrogens is 244 g/mol. The summed E-state index contributed by atoms with van der Waals surface area (Å²) in [6.45, 7) is 0.00847. The number of fused-ring (bicyclic) bond motifs is 1. The number of nitrogens with zero attached hydrogens (tertiary/aromatic N) is 1. The molecule has 1 unspecified atom stereocenters. The van der Waals surface area contributed by atoms with Gasteiger partial charge in [-0.25, -0.2) is 13.6 Å². The van der Waals surface area contributed by atoms with Crippen LogP contribution in [0.25, 0.3) is 0 Å². The lowest BCUT2D eigenvalue weighted by molar-refractivity contribution is 0.0215. The lowest BCUT2D eigenvalue weighted by atomic mass is 9.94. The molecule has 2 aliphatic rings. The predicted molar refractivity (Wildman–Crippen MR) is 56.9 cm³/mol. The number of piperidine rings is 1. The number of amides is 1. The molecule has 0 radical (unpaired) electrons. The Bertz CT molecular complexity index is 536. The van der Waals surface area contributed by atoms with Crippen LogP contribution in [0.1, 0.15) is 12.0 Å². The highest BCUT2D eigenvalue weighted by Gasteiger charge is 2.67. The molecular formula is C12H11F2NO3. The van der Waals surface area contributed by atoms with E-state index in [-0.39, 0.29) is 18.0 Å². The Labute approximate surface area is 101 Å². The molecule has 1 amide bonds. The van der Waals surface area contributed by atoms with Gasteiger partial charge >= 0.3 is 6.09 Å². The lowest BCUT2D eigenvalue weighted by Gasteiger charge is -2.21. The molecule has 2 N–H and O–H groups in total. The highest BCUT2D eigenvalue weighted by molar-refractivity contribution is 5.67. The second-order valence-corrected chi connectivity index (χ2v) is 4.92. The van der Waals surface area contributed by atoms with Crippen molar-refractivity contribution < 1.29 is 23.8 Å². The molecule has 1 saturated heterocycles. The summed E-state index contributed by atoms with van der Waals surface area (Å²) in [7, 11) is 0. The van der Waals surface area contributed by atoms with Crippen molar-refractivity contribution in [2.24, 2.45) is 5.92 Å². The molecule has 1 aromatic rings. The van der Waals surface area contributed by atoms with Crippen LogP contribution >= 0.6 is 0 Å². The summed E-state index contributed by atoms with van der Waals surface area (Å²) in [6, 6.07) is 3.14. The lowest BCUT2D eigenvalue weighted by Crippen LogP contribution is -2.38. The first kappa shape index (κ1) is 11.4. The van der Waals surface area contributed by atoms with Gasteiger partial charge in [-0.2, -0.15) is 0 Å². The van der Waals surface area contributed by atoms with Crippen molar-refractivity contribution in [3.05, 3.63) is 35.4 Å². The number of carboxylic acid groups (broad SMARTS) is 1. The number of carbonyl (C=O) groups is 1. The van der Waals surface area contributed by atoms with Crippen LogP contribution in [0.4, 0.5) is 13.6 Å². The topological polar surface area (TPSA) is 60.8 Å². The van der Waals surface area contributed by atoms with Crippen LogP contribution in [0, 0.1) is 17.6 Å². The number of rotatable bonds is 1. The van der Waals surface area contributed by atoms with Crippen molar-refractivity contribution in [3.63, 3.8) is 0 Å². The number of hydrogen-bond acceptors (Lipinski definition) is 2. The Morgan fingerprint density at radius 2 is 2.17 bits per heavy atom. The molecule has 18 heavy (non-hydrogen) atoms. The van der Waals surface area contributed by atoms with E-state index < -0.39 is 29.4 Å². The zero-order chi connectivity index (χ0) is 13.1.